The molecule has 0 saturated carbocycles. The monoisotopic (exact) mass is 416 g/mol. The summed E-state index contributed by atoms with van der Waals surface area (Å²) in [6.07, 6.45) is 12.9. The maximum absolute atomic E-state index is 11.2. The summed E-state index contributed by atoms with van der Waals surface area (Å²) >= 11 is 6.22. The van der Waals surface area contributed by atoms with Gasteiger partial charge in [-0.25, -0.2) is 0 Å². The fraction of sp³-hybridized carbons (Fsp3) is 0.304. The van der Waals surface area contributed by atoms with E-state index in [0.29, 0.717) is 17.0 Å². The third-order valence-electron chi connectivity index (χ3n) is 3.50. The van der Waals surface area contributed by atoms with Crippen LogP contribution < -0.4 is 16.1 Å². The van der Waals surface area contributed by atoms with Crippen molar-refractivity contribution >= 4 is 23.7 Å². The minimum Gasteiger partial charge on any atom is -0.361 e. The molecule has 0 rings (SSSR count). The summed E-state index contributed by atoms with van der Waals surface area (Å²) in [5.74, 6) is -0.188. The summed E-state index contributed by atoms with van der Waals surface area (Å²) < 4.78 is 0. The zero-order valence-corrected chi connectivity index (χ0v) is 18.5. The summed E-state index contributed by atoms with van der Waals surface area (Å²) in [6, 6.07) is 0. The molecule has 1 atom stereocenters. The molecule has 0 spiro atoms. The minimum atomic E-state index is -0.366. The predicted octanol–water partition coefficient (Wildman–Crippen LogP) is 5.20. The van der Waals surface area contributed by atoms with Gasteiger partial charge in [0.25, 0.3) is 0 Å². The fourth-order valence-electron chi connectivity index (χ4n) is 2.12. The average molecular weight is 417 g/mol. The lowest BCUT2D eigenvalue weighted by Gasteiger charge is -2.18. The van der Waals surface area contributed by atoms with Crippen molar-refractivity contribution in [2.75, 3.05) is 0 Å². The van der Waals surface area contributed by atoms with Crippen LogP contribution in [0.15, 0.2) is 89.4 Å². The van der Waals surface area contributed by atoms with Gasteiger partial charge in [0.2, 0.25) is 5.91 Å². The Bertz CT molecular complexity index is 729. The van der Waals surface area contributed by atoms with Crippen LogP contribution in [0.2, 0.25) is 0 Å². The molecule has 6 heteroatoms. The number of carbonyl (C=O) groups excluding carboxylic acids is 1. The molecule has 29 heavy (non-hydrogen) atoms. The van der Waals surface area contributed by atoms with Gasteiger partial charge in [-0.3, -0.25) is 10.2 Å². The SMILES string of the molecule is C=C/C(=C\C(=C)C(=C)NC(C=C)N/N=C/C(=C/CC)/C=C(/Cl)CCC)NC(C)=O. The number of halogens is 1. The van der Waals surface area contributed by atoms with Crippen molar-refractivity contribution < 1.29 is 4.79 Å². The second-order valence-electron chi connectivity index (χ2n) is 6.19. The zero-order chi connectivity index (χ0) is 22.2. The molecule has 0 bridgehead atoms. The van der Waals surface area contributed by atoms with E-state index in [1.54, 1.807) is 18.4 Å². The zero-order valence-electron chi connectivity index (χ0n) is 17.7. The summed E-state index contributed by atoms with van der Waals surface area (Å²) in [6.45, 7) is 20.9. The van der Waals surface area contributed by atoms with Crippen LogP contribution in [0.1, 0.15) is 40.0 Å². The first-order valence-corrected chi connectivity index (χ1v) is 9.88. The third kappa shape index (κ3) is 12.3. The maximum atomic E-state index is 11.2. The van der Waals surface area contributed by atoms with Gasteiger partial charge in [-0.2, -0.15) is 5.10 Å². The molecule has 0 radical (unpaired) electrons. The van der Waals surface area contributed by atoms with E-state index in [1.807, 2.05) is 12.2 Å². The van der Waals surface area contributed by atoms with Crippen molar-refractivity contribution in [3.05, 3.63) is 84.3 Å². The molecular weight excluding hydrogens is 384 g/mol. The Labute approximate surface area is 180 Å². The Balaban J connectivity index is 5.01. The quantitative estimate of drug-likeness (QED) is 0.120. The van der Waals surface area contributed by atoms with Gasteiger partial charge in [0.15, 0.2) is 0 Å². The molecule has 0 aromatic heterocycles. The first-order valence-electron chi connectivity index (χ1n) is 9.51. The molecular formula is C23H33ClN4O. The van der Waals surface area contributed by atoms with Crippen LogP contribution in [-0.2, 0) is 4.79 Å². The molecule has 0 aliphatic rings. The summed E-state index contributed by atoms with van der Waals surface area (Å²) in [4.78, 5) is 11.2. The fourth-order valence-corrected chi connectivity index (χ4v) is 2.43. The van der Waals surface area contributed by atoms with E-state index in [0.717, 1.165) is 29.9 Å². The van der Waals surface area contributed by atoms with Gasteiger partial charge < -0.3 is 10.6 Å². The lowest BCUT2D eigenvalue weighted by atomic mass is 10.2. The largest absolute Gasteiger partial charge is 0.361 e. The van der Waals surface area contributed by atoms with Gasteiger partial charge in [-0.15, -0.1) is 0 Å². The van der Waals surface area contributed by atoms with Gasteiger partial charge in [0.1, 0.15) is 6.17 Å². The van der Waals surface area contributed by atoms with E-state index in [2.05, 4.69) is 61.3 Å². The van der Waals surface area contributed by atoms with E-state index in [-0.39, 0.29) is 12.1 Å². The summed E-state index contributed by atoms with van der Waals surface area (Å²) in [7, 11) is 0. The average Bonchev–Trinajstić information content (AvgIpc) is 2.66. The number of rotatable bonds is 14. The number of nitrogens with one attached hydrogen (secondary N) is 3. The first-order chi connectivity index (χ1) is 13.8. The molecule has 158 valence electrons. The number of hydrogen-bond acceptors (Lipinski definition) is 4. The van der Waals surface area contributed by atoms with Crippen LogP contribution in [0.3, 0.4) is 0 Å². The van der Waals surface area contributed by atoms with Gasteiger partial charge >= 0.3 is 0 Å². The molecule has 0 aromatic carbocycles. The third-order valence-corrected chi connectivity index (χ3v) is 3.80. The second-order valence-corrected chi connectivity index (χ2v) is 6.67. The molecule has 1 amide bonds. The Morgan fingerprint density at radius 3 is 2.41 bits per heavy atom. The molecule has 0 saturated heterocycles. The van der Waals surface area contributed by atoms with Crippen LogP contribution in [-0.4, -0.2) is 18.3 Å². The van der Waals surface area contributed by atoms with Gasteiger partial charge in [-0.1, -0.05) is 64.3 Å². The number of allylic oxidation sites excluding steroid dienone is 6. The van der Waals surface area contributed by atoms with E-state index in [4.69, 9.17) is 11.6 Å². The molecule has 0 aliphatic heterocycles. The van der Waals surface area contributed by atoms with Crippen LogP contribution >= 0.6 is 11.6 Å². The van der Waals surface area contributed by atoms with E-state index < -0.39 is 0 Å². The topological polar surface area (TPSA) is 65.5 Å². The highest BCUT2D eigenvalue weighted by molar-refractivity contribution is 6.30. The van der Waals surface area contributed by atoms with E-state index in [1.165, 1.54) is 13.0 Å². The van der Waals surface area contributed by atoms with Crippen LogP contribution in [0, 0.1) is 0 Å². The van der Waals surface area contributed by atoms with Crippen LogP contribution in [0.4, 0.5) is 0 Å². The van der Waals surface area contributed by atoms with Gasteiger partial charge in [0, 0.05) is 23.4 Å². The van der Waals surface area contributed by atoms with Crippen molar-refractivity contribution in [1.82, 2.24) is 16.1 Å². The van der Waals surface area contributed by atoms with Gasteiger partial charge in [0.05, 0.1) is 6.21 Å². The normalized spacial score (nSPS) is 13.6. The minimum absolute atomic E-state index is 0.188. The number of hydrazone groups is 1. The smallest absolute Gasteiger partial charge is 0.221 e. The van der Waals surface area contributed by atoms with Crippen molar-refractivity contribution in [3.8, 4) is 0 Å². The van der Waals surface area contributed by atoms with Crippen molar-refractivity contribution in [3.63, 3.8) is 0 Å². The Morgan fingerprint density at radius 2 is 1.90 bits per heavy atom. The number of hydrogen-bond donors (Lipinski definition) is 3. The van der Waals surface area contributed by atoms with Crippen molar-refractivity contribution in [2.24, 2.45) is 5.10 Å². The summed E-state index contributed by atoms with van der Waals surface area (Å²) in [5, 5.41) is 10.8. The molecule has 0 heterocycles. The lowest BCUT2D eigenvalue weighted by molar-refractivity contribution is -0.118. The molecule has 3 N–H and O–H groups in total. The van der Waals surface area contributed by atoms with E-state index in [9.17, 15) is 4.79 Å². The Kier molecular flexibility index (Phi) is 13.7. The highest BCUT2D eigenvalue weighted by atomic mass is 35.5. The van der Waals surface area contributed by atoms with Crippen LogP contribution in [0.25, 0.3) is 0 Å². The molecule has 0 aromatic rings. The maximum Gasteiger partial charge on any atom is 0.221 e. The number of nitrogens with zero attached hydrogens (tertiary/aromatic N) is 1. The van der Waals surface area contributed by atoms with E-state index >= 15 is 0 Å². The highest BCUT2D eigenvalue weighted by Crippen LogP contribution is 2.13. The van der Waals surface area contributed by atoms with Gasteiger partial charge in [-0.05, 0) is 48.3 Å². The lowest BCUT2D eigenvalue weighted by Crippen LogP contribution is -2.37. The Morgan fingerprint density at radius 1 is 1.21 bits per heavy atom. The highest BCUT2D eigenvalue weighted by Gasteiger charge is 2.05. The molecule has 1 unspecified atom stereocenters. The molecule has 5 nitrogen and oxygen atoms in total. The first kappa shape index (κ1) is 26.2. The summed E-state index contributed by atoms with van der Waals surface area (Å²) in [5.41, 5.74) is 5.57. The standard InChI is InChI=1S/C23H33ClN4O/c1-8-12-20(15-21(24)13-9-2)16-25-28-23(11-4)26-18(6)17(5)14-22(10-3)27-19(7)29/h10-12,14-16,23,26,28H,3-6,8-9,13H2,1-2,7H3,(H,27,29)/b20-12+,21-15+,22-14+,25-16+. The van der Waals surface area contributed by atoms with Crippen LogP contribution in [0.5, 0.6) is 0 Å². The number of amides is 1. The predicted molar refractivity (Wildman–Crippen MR) is 126 cm³/mol. The van der Waals surface area contributed by atoms with Crippen molar-refractivity contribution in [2.45, 2.75) is 46.2 Å². The Hall–Kier alpha value is -2.79. The number of carbonyl (C=O) groups is 1. The molecule has 0 aliphatic carbocycles. The van der Waals surface area contributed by atoms with Crippen molar-refractivity contribution in [1.29, 1.82) is 0 Å². The molecule has 0 fully saturated rings. The second kappa shape index (κ2) is 15.2.